The van der Waals surface area contributed by atoms with Crippen LogP contribution in [0.5, 0.6) is 0 Å². The molecule has 0 bridgehead atoms. The molecular formula is C23H31N5O2. The molecule has 0 spiro atoms. The van der Waals surface area contributed by atoms with Crippen LogP contribution in [0.15, 0.2) is 41.4 Å². The first kappa shape index (κ1) is 20.4. The molecule has 0 radical (unpaired) electrons. The molecule has 1 amide bonds. The molecule has 1 aromatic rings. The van der Waals surface area contributed by atoms with Crippen LogP contribution in [0.4, 0.5) is 5.69 Å². The van der Waals surface area contributed by atoms with Crippen molar-refractivity contribution in [1.29, 1.82) is 5.41 Å². The largest absolute Gasteiger partial charge is 0.367 e. The third-order valence-corrected chi connectivity index (χ3v) is 6.39. The maximum Gasteiger partial charge on any atom is 0.251 e. The van der Waals surface area contributed by atoms with Crippen molar-refractivity contribution < 1.29 is 9.59 Å². The molecule has 7 nitrogen and oxygen atoms in total. The fourth-order valence-electron chi connectivity index (χ4n) is 4.40. The van der Waals surface area contributed by atoms with Gasteiger partial charge < -0.3 is 15.1 Å². The zero-order valence-corrected chi connectivity index (χ0v) is 17.9. The minimum Gasteiger partial charge on any atom is -0.367 e. The number of hydrogen-bond acceptors (Lipinski definition) is 5. The highest BCUT2D eigenvalue weighted by Crippen LogP contribution is 2.30. The number of aromatic nitrogens is 1. The third-order valence-electron chi connectivity index (χ3n) is 6.39. The van der Waals surface area contributed by atoms with E-state index in [1.807, 2.05) is 24.8 Å². The maximum absolute atomic E-state index is 12.8. The molecule has 1 unspecified atom stereocenters. The average molecular weight is 410 g/mol. The second-order valence-corrected chi connectivity index (χ2v) is 8.44. The van der Waals surface area contributed by atoms with Gasteiger partial charge in [0, 0.05) is 55.6 Å². The molecule has 4 heterocycles. The van der Waals surface area contributed by atoms with Gasteiger partial charge in [0.15, 0.2) is 0 Å². The van der Waals surface area contributed by atoms with Crippen molar-refractivity contribution in [3.05, 3.63) is 46.9 Å². The van der Waals surface area contributed by atoms with E-state index in [4.69, 9.17) is 5.41 Å². The van der Waals surface area contributed by atoms with Gasteiger partial charge in [-0.3, -0.25) is 19.6 Å². The van der Waals surface area contributed by atoms with Crippen LogP contribution in [0, 0.1) is 11.3 Å². The Morgan fingerprint density at radius 2 is 1.97 bits per heavy atom. The maximum atomic E-state index is 12.8. The number of nitrogens with zero attached hydrogens (tertiary/aromatic N) is 3. The number of amides is 1. The number of dihydropyridines is 1. The Kier molecular flexibility index (Phi) is 5.79. The first-order valence-corrected chi connectivity index (χ1v) is 11.1. The lowest BCUT2D eigenvalue weighted by molar-refractivity contribution is -0.126. The van der Waals surface area contributed by atoms with Gasteiger partial charge in [-0.25, -0.2) is 0 Å². The number of rotatable bonds is 4. The smallest absolute Gasteiger partial charge is 0.251 e. The number of anilines is 1. The van der Waals surface area contributed by atoms with E-state index in [9.17, 15) is 9.59 Å². The van der Waals surface area contributed by atoms with E-state index in [0.29, 0.717) is 6.54 Å². The molecule has 0 aliphatic carbocycles. The summed E-state index contributed by atoms with van der Waals surface area (Å²) in [6.45, 7) is 6.97. The molecule has 160 valence electrons. The lowest BCUT2D eigenvalue weighted by Gasteiger charge is -2.36. The number of allylic oxidation sites excluding steroid dienone is 2. The molecule has 7 heteroatoms. The number of carbonyl (C=O) groups is 2. The number of pyridine rings is 1. The molecule has 1 atom stereocenters. The van der Waals surface area contributed by atoms with Crippen molar-refractivity contribution >= 4 is 17.5 Å². The molecule has 3 aliphatic heterocycles. The molecule has 0 saturated carbocycles. The molecule has 4 rings (SSSR count). The lowest BCUT2D eigenvalue weighted by Crippen LogP contribution is -2.42. The van der Waals surface area contributed by atoms with Crippen LogP contribution in [0.25, 0.3) is 0 Å². The highest BCUT2D eigenvalue weighted by molar-refractivity contribution is 5.95. The number of likely N-dealkylation sites (tertiary alicyclic amines) is 1. The highest BCUT2D eigenvalue weighted by atomic mass is 16.2. The monoisotopic (exact) mass is 409 g/mol. The first-order valence-electron chi connectivity index (χ1n) is 11.1. The molecule has 1 fully saturated rings. The summed E-state index contributed by atoms with van der Waals surface area (Å²) in [5, 5.41) is 11.8. The molecule has 0 aromatic carbocycles. The lowest BCUT2D eigenvalue weighted by atomic mass is 9.98. The summed E-state index contributed by atoms with van der Waals surface area (Å²) in [5.74, 6) is 1.02. The van der Waals surface area contributed by atoms with Crippen LogP contribution in [0.2, 0.25) is 0 Å². The average Bonchev–Trinajstić information content (AvgIpc) is 3.31. The Morgan fingerprint density at radius 3 is 2.67 bits per heavy atom. The minimum atomic E-state index is -0.106. The standard InChI is InChI=1S/C23H31N5O2/c1-3-16(2)22(29)28-12-8-19(14-20(28)24)27-11-6-7-17-13-18(15-25-21(17)27)23(30)26-9-4-5-10-26/h8,12-14,16,24-25H,3-7,9-11,15H2,1-2H3. The first-order chi connectivity index (χ1) is 14.5. The summed E-state index contributed by atoms with van der Waals surface area (Å²) < 4.78 is 1.43. The third kappa shape index (κ3) is 3.80. The minimum absolute atomic E-state index is 0.0450. The predicted octanol–water partition coefficient (Wildman–Crippen LogP) is 2.62. The molecule has 1 aromatic heterocycles. The van der Waals surface area contributed by atoms with Gasteiger partial charge >= 0.3 is 0 Å². The zero-order valence-electron chi connectivity index (χ0n) is 17.9. The topological polar surface area (TPSA) is 81.4 Å². The van der Waals surface area contributed by atoms with Crippen molar-refractivity contribution in [1.82, 2.24) is 14.8 Å². The van der Waals surface area contributed by atoms with Gasteiger partial charge in [0.05, 0.1) is 0 Å². The van der Waals surface area contributed by atoms with E-state index in [0.717, 1.165) is 74.4 Å². The van der Waals surface area contributed by atoms with Crippen LogP contribution < -0.4 is 15.7 Å². The second-order valence-electron chi connectivity index (χ2n) is 8.44. The van der Waals surface area contributed by atoms with Crippen LogP contribution in [0.3, 0.4) is 0 Å². The van der Waals surface area contributed by atoms with Gasteiger partial charge in [0.2, 0.25) is 5.91 Å². The van der Waals surface area contributed by atoms with E-state index in [1.54, 1.807) is 12.3 Å². The Morgan fingerprint density at radius 1 is 1.20 bits per heavy atom. The molecule has 1 saturated heterocycles. The summed E-state index contributed by atoms with van der Waals surface area (Å²) in [7, 11) is 0. The number of hydrogen-bond donors (Lipinski definition) is 2. The fourth-order valence-corrected chi connectivity index (χ4v) is 4.40. The summed E-state index contributed by atoms with van der Waals surface area (Å²) >= 11 is 0. The van der Waals surface area contributed by atoms with E-state index >= 15 is 0 Å². The Balaban J connectivity index is 1.59. The van der Waals surface area contributed by atoms with Crippen LogP contribution in [-0.2, 0) is 4.79 Å². The van der Waals surface area contributed by atoms with Crippen LogP contribution >= 0.6 is 0 Å². The van der Waals surface area contributed by atoms with Gasteiger partial charge in [-0.05, 0) is 49.8 Å². The molecule has 30 heavy (non-hydrogen) atoms. The fraction of sp³-hybridized carbons (Fsp3) is 0.522. The summed E-state index contributed by atoms with van der Waals surface area (Å²) in [6.07, 6.45) is 8.63. The van der Waals surface area contributed by atoms with Gasteiger partial charge in [0.1, 0.15) is 11.3 Å². The Hall–Kier alpha value is -2.83. The summed E-state index contributed by atoms with van der Waals surface area (Å²) in [5.41, 5.74) is 3.08. The molecular weight excluding hydrogens is 378 g/mol. The van der Waals surface area contributed by atoms with Crippen LogP contribution in [-0.4, -0.2) is 47.5 Å². The van der Waals surface area contributed by atoms with Crippen molar-refractivity contribution in [2.75, 3.05) is 31.1 Å². The van der Waals surface area contributed by atoms with Gasteiger partial charge in [-0.15, -0.1) is 0 Å². The highest BCUT2D eigenvalue weighted by Gasteiger charge is 2.28. The number of nitrogens with one attached hydrogen (secondary N) is 2. The van der Waals surface area contributed by atoms with Crippen molar-refractivity contribution in [3.63, 3.8) is 0 Å². The van der Waals surface area contributed by atoms with Gasteiger partial charge in [-0.2, -0.15) is 0 Å². The van der Waals surface area contributed by atoms with Crippen molar-refractivity contribution in [2.24, 2.45) is 5.92 Å². The normalized spacial score (nSPS) is 19.9. The number of carbonyl (C=O) groups excluding carboxylic acids is 2. The quantitative estimate of drug-likeness (QED) is 0.801. The van der Waals surface area contributed by atoms with Gasteiger partial charge in [0.25, 0.3) is 5.91 Å². The van der Waals surface area contributed by atoms with Crippen molar-refractivity contribution in [2.45, 2.75) is 46.0 Å². The Bertz CT molecular complexity index is 968. The summed E-state index contributed by atoms with van der Waals surface area (Å²) in [4.78, 5) is 29.4. The Labute approximate surface area is 177 Å². The van der Waals surface area contributed by atoms with Crippen molar-refractivity contribution in [3.8, 4) is 0 Å². The predicted molar refractivity (Wildman–Crippen MR) is 116 cm³/mol. The van der Waals surface area contributed by atoms with E-state index in [1.165, 1.54) is 4.57 Å². The van der Waals surface area contributed by atoms with E-state index in [-0.39, 0.29) is 23.2 Å². The SMILES string of the molecule is CCC(C)C(=O)n1ccc(N2CCCC3=C2NCC(C(=O)N2CCCC2)=C3)cc1=N. The molecule has 3 aliphatic rings. The van der Waals surface area contributed by atoms with Gasteiger partial charge in [-0.1, -0.05) is 13.8 Å². The second kappa shape index (κ2) is 8.50. The van der Waals surface area contributed by atoms with E-state index < -0.39 is 0 Å². The van der Waals surface area contributed by atoms with Crippen LogP contribution in [0.1, 0.15) is 50.7 Å². The van der Waals surface area contributed by atoms with E-state index in [2.05, 4.69) is 16.3 Å². The molecule has 2 N–H and O–H groups in total. The summed E-state index contributed by atoms with van der Waals surface area (Å²) in [6, 6.07) is 3.66. The zero-order chi connectivity index (χ0) is 21.3.